The summed E-state index contributed by atoms with van der Waals surface area (Å²) in [4.78, 5) is 12.9. The minimum atomic E-state index is -4.88. The highest BCUT2D eigenvalue weighted by Gasteiger charge is 2.32. The van der Waals surface area contributed by atoms with Crippen LogP contribution in [0.1, 0.15) is 29.5 Å². The zero-order valence-electron chi connectivity index (χ0n) is 20.3. The second-order valence-electron chi connectivity index (χ2n) is 8.73. The Kier molecular flexibility index (Phi) is 7.89. The van der Waals surface area contributed by atoms with Gasteiger partial charge >= 0.3 is 12.4 Å². The highest BCUT2D eigenvalue weighted by Crippen LogP contribution is 2.32. The summed E-state index contributed by atoms with van der Waals surface area (Å²) in [6.45, 7) is 1.73. The van der Waals surface area contributed by atoms with E-state index in [1.54, 1.807) is 11.6 Å². The summed E-state index contributed by atoms with van der Waals surface area (Å²) in [7, 11) is 1.47. The Labute approximate surface area is 211 Å². The zero-order chi connectivity index (χ0) is 26.6. The predicted molar refractivity (Wildman–Crippen MR) is 130 cm³/mol. The lowest BCUT2D eigenvalue weighted by Crippen LogP contribution is -2.43. The first-order chi connectivity index (χ1) is 17.6. The molecule has 2 aromatic carbocycles. The van der Waals surface area contributed by atoms with Crippen molar-refractivity contribution in [1.29, 1.82) is 0 Å². The number of carbonyl (C=O) groups excluding carboxylic acids is 1. The number of nitrogens with one attached hydrogen (secondary N) is 2. The molecular formula is C25H28F3N5O4. The number of alkyl halides is 3. The number of nitrogens with two attached hydrogens (primary N) is 1. The van der Waals surface area contributed by atoms with Crippen LogP contribution < -0.4 is 25.8 Å². The Morgan fingerprint density at radius 1 is 1.19 bits per heavy atom. The summed E-state index contributed by atoms with van der Waals surface area (Å²) in [5, 5.41) is 9.88. The smallest absolute Gasteiger partial charge is 0.473 e. The van der Waals surface area contributed by atoms with E-state index >= 15 is 0 Å². The van der Waals surface area contributed by atoms with Gasteiger partial charge in [0.25, 0.3) is 0 Å². The third-order valence-corrected chi connectivity index (χ3v) is 5.82. The van der Waals surface area contributed by atoms with Crippen LogP contribution in [0, 0.1) is 6.92 Å². The van der Waals surface area contributed by atoms with Crippen LogP contribution in [0.2, 0.25) is 0 Å². The molecule has 1 aromatic heterocycles. The van der Waals surface area contributed by atoms with Gasteiger partial charge in [-0.2, -0.15) is 0 Å². The number of aromatic nitrogens is 2. The first-order valence-electron chi connectivity index (χ1n) is 11.6. The molecule has 0 radical (unpaired) electrons. The monoisotopic (exact) mass is 519 g/mol. The summed E-state index contributed by atoms with van der Waals surface area (Å²) in [6, 6.07) is 12.7. The molecule has 1 aliphatic carbocycles. The third kappa shape index (κ3) is 6.71. The number of nitrogens with zero attached hydrogens (tertiary/aromatic N) is 2. The average Bonchev–Trinajstić information content (AvgIpc) is 3.13. The number of benzene rings is 2. The maximum Gasteiger partial charge on any atom is 0.573 e. The Morgan fingerprint density at radius 3 is 2.57 bits per heavy atom. The van der Waals surface area contributed by atoms with Crippen molar-refractivity contribution in [2.75, 3.05) is 12.4 Å². The number of amides is 2. The lowest BCUT2D eigenvalue weighted by molar-refractivity contribution is -0.274. The summed E-state index contributed by atoms with van der Waals surface area (Å²) < 4.78 is 55.3. The molecule has 12 heteroatoms. The van der Waals surface area contributed by atoms with Gasteiger partial charge in [0, 0.05) is 25.3 Å². The molecule has 9 nitrogen and oxygen atoms in total. The molecule has 1 fully saturated rings. The average molecular weight is 520 g/mol. The van der Waals surface area contributed by atoms with Gasteiger partial charge in [-0.25, -0.2) is 9.48 Å². The van der Waals surface area contributed by atoms with E-state index in [9.17, 15) is 18.0 Å². The normalized spacial score (nSPS) is 17.1. The van der Waals surface area contributed by atoms with Gasteiger partial charge in [-0.15, -0.1) is 18.3 Å². The molecule has 2 amide bonds. The van der Waals surface area contributed by atoms with Crippen LogP contribution in [0.4, 0.5) is 23.8 Å². The molecule has 0 aliphatic heterocycles. The van der Waals surface area contributed by atoms with Crippen LogP contribution in [-0.4, -0.2) is 41.4 Å². The molecule has 0 spiro atoms. The van der Waals surface area contributed by atoms with Gasteiger partial charge in [0.05, 0.1) is 17.9 Å². The standard InChI is InChI=1S/C25H28F3N5O4/c1-15-22(33(19-6-4-3-5-7-19)32-23(15)36-20-11-18(29)12-20)31-24(34)30-13-17-10-16(14-35-2)8-9-21(17)37-25(26,27)28/h3-10,18,20H,11-14,29H2,1-2H3,(H2,30,31,34). The molecule has 3 aromatic rings. The van der Waals surface area contributed by atoms with Crippen LogP contribution in [0.25, 0.3) is 5.69 Å². The number of anilines is 1. The highest BCUT2D eigenvalue weighted by atomic mass is 19.4. The van der Waals surface area contributed by atoms with Crippen LogP contribution in [-0.2, 0) is 17.9 Å². The van der Waals surface area contributed by atoms with Crippen molar-refractivity contribution >= 4 is 11.8 Å². The molecule has 1 heterocycles. The Hall–Kier alpha value is -3.77. The van der Waals surface area contributed by atoms with E-state index < -0.39 is 18.1 Å². The quantitative estimate of drug-likeness (QED) is 0.386. The molecule has 4 rings (SSSR count). The summed E-state index contributed by atoms with van der Waals surface area (Å²) in [6.07, 6.45) is -3.50. The fourth-order valence-electron chi connectivity index (χ4n) is 3.93. The van der Waals surface area contributed by atoms with Gasteiger partial charge in [0.1, 0.15) is 17.7 Å². The molecule has 198 valence electrons. The maximum absolute atomic E-state index is 12.9. The second-order valence-corrected chi connectivity index (χ2v) is 8.73. The molecule has 0 saturated heterocycles. The van der Waals surface area contributed by atoms with E-state index in [-0.39, 0.29) is 30.9 Å². The van der Waals surface area contributed by atoms with Crippen molar-refractivity contribution in [3.63, 3.8) is 0 Å². The van der Waals surface area contributed by atoms with Gasteiger partial charge in [0.2, 0.25) is 5.88 Å². The number of ether oxygens (including phenoxy) is 3. The first-order valence-corrected chi connectivity index (χ1v) is 11.6. The number of carbonyl (C=O) groups is 1. The highest BCUT2D eigenvalue weighted by molar-refractivity contribution is 5.89. The minimum absolute atomic E-state index is 0.0547. The maximum atomic E-state index is 12.9. The molecule has 1 aliphatic rings. The summed E-state index contributed by atoms with van der Waals surface area (Å²) >= 11 is 0. The summed E-state index contributed by atoms with van der Waals surface area (Å²) in [5.74, 6) is 0.318. The van der Waals surface area contributed by atoms with Crippen LogP contribution in [0.3, 0.4) is 0 Å². The molecule has 0 atom stereocenters. The molecule has 0 unspecified atom stereocenters. The number of urea groups is 1. The van der Waals surface area contributed by atoms with Crippen LogP contribution in [0.5, 0.6) is 11.6 Å². The van der Waals surface area contributed by atoms with Crippen molar-refractivity contribution in [3.05, 3.63) is 65.2 Å². The number of rotatable bonds is 9. The minimum Gasteiger partial charge on any atom is -0.473 e. The number of hydrogen-bond donors (Lipinski definition) is 3. The van der Waals surface area contributed by atoms with Crippen molar-refractivity contribution in [3.8, 4) is 17.3 Å². The Bertz CT molecular complexity index is 1230. The van der Waals surface area contributed by atoms with E-state index in [1.807, 2.05) is 30.3 Å². The molecule has 4 N–H and O–H groups in total. The molecule has 1 saturated carbocycles. The SMILES string of the molecule is COCc1ccc(OC(F)(F)F)c(CNC(=O)Nc2c(C)c(OC3CC(N)C3)nn2-c2ccccc2)c1. The summed E-state index contributed by atoms with van der Waals surface area (Å²) in [5.41, 5.74) is 7.91. The number of halogens is 3. The fraction of sp³-hybridized carbons (Fsp3) is 0.360. The van der Waals surface area contributed by atoms with Gasteiger partial charge < -0.3 is 25.3 Å². The second kappa shape index (κ2) is 11.1. The topological polar surface area (TPSA) is 113 Å². The van der Waals surface area contributed by atoms with E-state index in [4.69, 9.17) is 15.2 Å². The largest absolute Gasteiger partial charge is 0.573 e. The number of methoxy groups -OCH3 is 1. The van der Waals surface area contributed by atoms with E-state index in [0.717, 1.165) is 0 Å². The third-order valence-electron chi connectivity index (χ3n) is 5.82. The number of para-hydroxylation sites is 1. The van der Waals surface area contributed by atoms with Gasteiger partial charge in [0.15, 0.2) is 0 Å². The lowest BCUT2D eigenvalue weighted by Gasteiger charge is -2.31. The van der Waals surface area contributed by atoms with E-state index in [2.05, 4.69) is 20.5 Å². The zero-order valence-corrected chi connectivity index (χ0v) is 20.3. The molecule has 37 heavy (non-hydrogen) atoms. The van der Waals surface area contributed by atoms with Gasteiger partial charge in [-0.1, -0.05) is 24.3 Å². The van der Waals surface area contributed by atoms with Gasteiger partial charge in [-0.3, -0.25) is 5.32 Å². The van der Waals surface area contributed by atoms with Crippen molar-refractivity contribution < 1.29 is 32.2 Å². The van der Waals surface area contributed by atoms with Crippen molar-refractivity contribution in [1.82, 2.24) is 15.1 Å². The molecule has 0 bridgehead atoms. The predicted octanol–water partition coefficient (Wildman–Crippen LogP) is 4.42. The Morgan fingerprint density at radius 2 is 1.92 bits per heavy atom. The van der Waals surface area contributed by atoms with Crippen molar-refractivity contribution in [2.24, 2.45) is 5.73 Å². The number of hydrogen-bond acceptors (Lipinski definition) is 6. The van der Waals surface area contributed by atoms with Crippen molar-refractivity contribution in [2.45, 2.75) is 51.4 Å². The van der Waals surface area contributed by atoms with Crippen LogP contribution >= 0.6 is 0 Å². The lowest BCUT2D eigenvalue weighted by atomic mass is 9.90. The molecular weight excluding hydrogens is 491 g/mol. The Balaban J connectivity index is 1.53. The van der Waals surface area contributed by atoms with E-state index in [0.29, 0.717) is 41.4 Å². The first kappa shape index (κ1) is 26.3. The fourth-order valence-corrected chi connectivity index (χ4v) is 3.93. The van der Waals surface area contributed by atoms with Crippen LogP contribution in [0.15, 0.2) is 48.5 Å². The van der Waals surface area contributed by atoms with Gasteiger partial charge in [-0.05, 0) is 49.6 Å². The van der Waals surface area contributed by atoms with E-state index in [1.165, 1.54) is 25.3 Å².